The smallest absolute Gasteiger partial charge is 0.119 e. The predicted octanol–water partition coefficient (Wildman–Crippen LogP) is 6.42. The lowest BCUT2D eigenvalue weighted by molar-refractivity contribution is 0.0172. The fourth-order valence-electron chi connectivity index (χ4n) is 2.90. The van der Waals surface area contributed by atoms with Crippen molar-refractivity contribution in [2.75, 3.05) is 38.1 Å². The SMILES string of the molecule is CC.CC(C)(c1ccc(OCCCCl)cc1)c1ccc(OCC(O)COCCSF)cc1. The zero-order valence-corrected chi connectivity index (χ0v) is 21.1. The maximum absolute atomic E-state index is 11.9. The number of aliphatic hydroxyl groups excluding tert-OH is 1. The van der Waals surface area contributed by atoms with Gasteiger partial charge in [0.25, 0.3) is 0 Å². The van der Waals surface area contributed by atoms with Crippen LogP contribution < -0.4 is 9.47 Å². The first-order valence-electron chi connectivity index (χ1n) is 11.0. The average molecular weight is 487 g/mol. The minimum Gasteiger partial charge on any atom is -0.494 e. The topological polar surface area (TPSA) is 47.9 Å². The summed E-state index contributed by atoms with van der Waals surface area (Å²) >= 11 is 5.90. The van der Waals surface area contributed by atoms with E-state index in [1.54, 1.807) is 0 Å². The molecule has 7 heteroatoms. The van der Waals surface area contributed by atoms with Crippen molar-refractivity contribution < 1.29 is 23.2 Å². The van der Waals surface area contributed by atoms with Crippen LogP contribution in [0.15, 0.2) is 48.5 Å². The lowest BCUT2D eigenvalue weighted by Crippen LogP contribution is -2.24. The fourth-order valence-corrected chi connectivity index (χ4v) is 3.19. The molecular weight excluding hydrogens is 451 g/mol. The van der Waals surface area contributed by atoms with E-state index in [0.29, 0.717) is 18.2 Å². The van der Waals surface area contributed by atoms with Crippen LogP contribution in [0.1, 0.15) is 45.2 Å². The highest BCUT2D eigenvalue weighted by atomic mass is 35.5. The molecule has 0 amide bonds. The summed E-state index contributed by atoms with van der Waals surface area (Å²) in [7, 11) is 0. The quantitative estimate of drug-likeness (QED) is 0.246. The maximum atomic E-state index is 11.9. The summed E-state index contributed by atoms with van der Waals surface area (Å²) in [6.07, 6.45) is 0.0712. The Morgan fingerprint density at radius 3 is 1.94 bits per heavy atom. The molecule has 0 radical (unpaired) electrons. The number of benzene rings is 2. The van der Waals surface area contributed by atoms with Crippen LogP contribution in [0.25, 0.3) is 0 Å². The maximum Gasteiger partial charge on any atom is 0.119 e. The van der Waals surface area contributed by atoms with Gasteiger partial charge in [-0.2, -0.15) is 3.89 Å². The molecule has 0 aliphatic rings. The van der Waals surface area contributed by atoms with Crippen LogP contribution in [0.3, 0.4) is 0 Å². The number of aliphatic hydroxyl groups is 1. The number of hydrogen-bond acceptors (Lipinski definition) is 5. The van der Waals surface area contributed by atoms with E-state index >= 15 is 0 Å². The second-order valence-electron chi connectivity index (χ2n) is 7.42. The number of alkyl halides is 1. The lowest BCUT2D eigenvalue weighted by Gasteiger charge is -2.26. The van der Waals surface area contributed by atoms with Crippen molar-refractivity contribution in [2.45, 2.75) is 45.6 Å². The molecule has 0 aromatic heterocycles. The Morgan fingerprint density at radius 1 is 0.906 bits per heavy atom. The van der Waals surface area contributed by atoms with Gasteiger partial charge in [0.2, 0.25) is 0 Å². The second kappa shape index (κ2) is 16.2. The van der Waals surface area contributed by atoms with Crippen molar-refractivity contribution >= 4 is 23.7 Å². The van der Waals surface area contributed by atoms with Crippen LogP contribution in [0.2, 0.25) is 0 Å². The Morgan fingerprint density at radius 2 is 1.44 bits per heavy atom. The molecule has 1 unspecified atom stereocenters. The number of rotatable bonds is 14. The van der Waals surface area contributed by atoms with Gasteiger partial charge in [-0.15, -0.1) is 11.6 Å². The van der Waals surface area contributed by atoms with Crippen molar-refractivity contribution in [3.05, 3.63) is 59.7 Å². The first kappa shape index (κ1) is 28.6. The normalized spacial score (nSPS) is 12.0. The van der Waals surface area contributed by atoms with Crippen LogP contribution >= 0.6 is 23.7 Å². The van der Waals surface area contributed by atoms with Crippen LogP contribution in [0.4, 0.5) is 3.89 Å². The van der Waals surface area contributed by atoms with Crippen molar-refractivity contribution in [1.29, 1.82) is 0 Å². The molecule has 2 rings (SSSR count). The van der Waals surface area contributed by atoms with Gasteiger partial charge in [0.05, 0.1) is 19.8 Å². The molecule has 180 valence electrons. The van der Waals surface area contributed by atoms with Crippen LogP contribution in [0, 0.1) is 0 Å². The minimum atomic E-state index is -0.754. The first-order chi connectivity index (χ1) is 15.5. The highest BCUT2D eigenvalue weighted by Gasteiger charge is 2.23. The van der Waals surface area contributed by atoms with Gasteiger partial charge < -0.3 is 19.3 Å². The first-order valence-corrected chi connectivity index (χ1v) is 12.4. The van der Waals surface area contributed by atoms with Gasteiger partial charge in [0.15, 0.2) is 0 Å². The van der Waals surface area contributed by atoms with Gasteiger partial charge in [-0.1, -0.05) is 52.0 Å². The third-order valence-electron chi connectivity index (χ3n) is 4.76. The van der Waals surface area contributed by atoms with Gasteiger partial charge >= 0.3 is 0 Å². The molecule has 2 aromatic carbocycles. The molecule has 2 aromatic rings. The summed E-state index contributed by atoms with van der Waals surface area (Å²) in [4.78, 5) is 0. The highest BCUT2D eigenvalue weighted by Crippen LogP contribution is 2.33. The standard InChI is InChI=1S/C23H30ClFO4S.C2H6/c1-23(2,18-4-8-21(9-5-18)28-13-3-12-24)19-6-10-22(11-7-19)29-17-20(26)16-27-14-15-30-25;1-2/h4-11,20,26H,3,12-17H2,1-2H3;1-2H3. The van der Waals surface area contributed by atoms with E-state index in [1.165, 1.54) is 5.56 Å². The molecular formula is C25H36ClFO4S. The highest BCUT2D eigenvalue weighted by molar-refractivity contribution is 7.94. The number of halogens is 2. The van der Waals surface area contributed by atoms with Crippen molar-refractivity contribution in [3.63, 3.8) is 0 Å². The van der Waals surface area contributed by atoms with Gasteiger partial charge in [-0.05, 0) is 41.8 Å². The summed E-state index contributed by atoms with van der Waals surface area (Å²) in [5, 5.41) is 9.87. The molecule has 0 aliphatic carbocycles. The van der Waals surface area contributed by atoms with Crippen molar-refractivity contribution in [2.24, 2.45) is 0 Å². The van der Waals surface area contributed by atoms with E-state index in [9.17, 15) is 8.99 Å². The van der Waals surface area contributed by atoms with E-state index < -0.39 is 6.10 Å². The Bertz CT molecular complexity index is 726. The molecule has 0 heterocycles. The van der Waals surface area contributed by atoms with Gasteiger partial charge in [0, 0.05) is 29.2 Å². The van der Waals surface area contributed by atoms with Crippen LogP contribution in [0.5, 0.6) is 11.5 Å². The molecule has 32 heavy (non-hydrogen) atoms. The number of ether oxygens (including phenoxy) is 3. The summed E-state index contributed by atoms with van der Waals surface area (Å²) in [5.74, 6) is 2.37. The van der Waals surface area contributed by atoms with Gasteiger partial charge in [0.1, 0.15) is 24.2 Å². The Hall–Kier alpha value is -1.47. The van der Waals surface area contributed by atoms with Gasteiger partial charge in [-0.25, -0.2) is 0 Å². The van der Waals surface area contributed by atoms with Gasteiger partial charge in [-0.3, -0.25) is 0 Å². The molecule has 1 N–H and O–H groups in total. The average Bonchev–Trinajstić information content (AvgIpc) is 2.82. The van der Waals surface area contributed by atoms with E-state index in [-0.39, 0.29) is 43.1 Å². The molecule has 1 atom stereocenters. The monoisotopic (exact) mass is 486 g/mol. The largest absolute Gasteiger partial charge is 0.494 e. The molecule has 0 bridgehead atoms. The lowest BCUT2D eigenvalue weighted by atomic mass is 9.78. The minimum absolute atomic E-state index is 0.122. The van der Waals surface area contributed by atoms with Crippen molar-refractivity contribution in [1.82, 2.24) is 0 Å². The summed E-state index contributed by atoms with van der Waals surface area (Å²) in [6.45, 7) is 9.47. The third-order valence-corrected chi connectivity index (χ3v) is 5.34. The molecule has 4 nitrogen and oxygen atoms in total. The van der Waals surface area contributed by atoms with Crippen LogP contribution in [-0.4, -0.2) is 49.3 Å². The molecule has 0 saturated carbocycles. The summed E-state index contributed by atoms with van der Waals surface area (Å²) in [5.41, 5.74) is 2.15. The zero-order chi connectivity index (χ0) is 23.8. The van der Waals surface area contributed by atoms with E-state index in [2.05, 4.69) is 26.0 Å². The van der Waals surface area contributed by atoms with Crippen molar-refractivity contribution in [3.8, 4) is 11.5 Å². The third kappa shape index (κ3) is 9.99. The van der Waals surface area contributed by atoms with E-state index in [0.717, 1.165) is 17.7 Å². The summed E-state index contributed by atoms with van der Waals surface area (Å²) in [6, 6.07) is 16.0. The molecule has 0 aliphatic heterocycles. The Kier molecular flexibility index (Phi) is 14.5. The fraction of sp³-hybridized carbons (Fsp3) is 0.520. The number of hydrogen-bond donors (Lipinski definition) is 1. The molecule has 0 fully saturated rings. The predicted molar refractivity (Wildman–Crippen MR) is 133 cm³/mol. The Labute approximate surface area is 201 Å². The van der Waals surface area contributed by atoms with Crippen LogP contribution in [-0.2, 0) is 10.2 Å². The summed E-state index contributed by atoms with van der Waals surface area (Å²) < 4.78 is 28.4. The zero-order valence-electron chi connectivity index (χ0n) is 19.5. The van der Waals surface area contributed by atoms with E-state index in [4.69, 9.17) is 25.8 Å². The Balaban J connectivity index is 0.00000249. The molecule has 0 spiro atoms. The second-order valence-corrected chi connectivity index (χ2v) is 8.42. The molecule has 0 saturated heterocycles. The van der Waals surface area contributed by atoms with E-state index in [1.807, 2.05) is 50.2 Å².